The van der Waals surface area contributed by atoms with Crippen LogP contribution in [0.2, 0.25) is 5.02 Å². The Morgan fingerprint density at radius 3 is 2.62 bits per heavy atom. The standard InChI is InChI=1S/C15H12ClN3O2/c1-9-7-8-11(14(17-9)20-2)13-18-15(21-19-13)10-5-3-4-6-12(10)16/h3-8H,1-2H3. The summed E-state index contributed by atoms with van der Waals surface area (Å²) in [6.07, 6.45) is 0. The molecule has 2 heterocycles. The van der Waals surface area contributed by atoms with Crippen molar-refractivity contribution in [1.29, 1.82) is 0 Å². The zero-order valence-corrected chi connectivity index (χ0v) is 12.3. The van der Waals surface area contributed by atoms with Crippen molar-refractivity contribution in [1.82, 2.24) is 15.1 Å². The molecule has 0 atom stereocenters. The second-order valence-electron chi connectivity index (χ2n) is 4.41. The highest BCUT2D eigenvalue weighted by molar-refractivity contribution is 6.33. The molecule has 0 fully saturated rings. The maximum Gasteiger partial charge on any atom is 0.259 e. The molecule has 3 aromatic rings. The van der Waals surface area contributed by atoms with Crippen molar-refractivity contribution in [3.63, 3.8) is 0 Å². The Balaban J connectivity index is 2.05. The lowest BCUT2D eigenvalue weighted by Gasteiger charge is -2.04. The predicted octanol–water partition coefficient (Wildman–Crippen LogP) is 3.77. The molecule has 0 radical (unpaired) electrons. The first kappa shape index (κ1) is 13.6. The van der Waals surface area contributed by atoms with E-state index in [1.807, 2.05) is 37.3 Å². The minimum atomic E-state index is 0.359. The highest BCUT2D eigenvalue weighted by Gasteiger charge is 2.16. The summed E-state index contributed by atoms with van der Waals surface area (Å²) in [4.78, 5) is 8.67. The fraction of sp³-hybridized carbons (Fsp3) is 0.133. The Morgan fingerprint density at radius 1 is 1.05 bits per heavy atom. The van der Waals surface area contributed by atoms with E-state index in [1.54, 1.807) is 13.2 Å². The summed E-state index contributed by atoms with van der Waals surface area (Å²) in [7, 11) is 1.56. The minimum absolute atomic E-state index is 0.359. The van der Waals surface area contributed by atoms with Gasteiger partial charge in [0.1, 0.15) is 0 Å². The number of ether oxygens (including phenoxy) is 1. The fourth-order valence-corrected chi connectivity index (χ4v) is 2.15. The van der Waals surface area contributed by atoms with Crippen molar-refractivity contribution >= 4 is 11.6 Å². The van der Waals surface area contributed by atoms with Crippen LogP contribution in [0.3, 0.4) is 0 Å². The number of pyridine rings is 1. The van der Waals surface area contributed by atoms with Gasteiger partial charge in [0, 0.05) is 5.69 Å². The normalized spacial score (nSPS) is 10.6. The molecule has 0 aliphatic carbocycles. The maximum atomic E-state index is 6.13. The lowest BCUT2D eigenvalue weighted by atomic mass is 10.2. The summed E-state index contributed by atoms with van der Waals surface area (Å²) in [5.41, 5.74) is 2.22. The quantitative estimate of drug-likeness (QED) is 0.737. The van der Waals surface area contributed by atoms with Crippen molar-refractivity contribution in [2.45, 2.75) is 6.92 Å². The number of hydrogen-bond donors (Lipinski definition) is 0. The van der Waals surface area contributed by atoms with E-state index in [1.165, 1.54) is 0 Å². The van der Waals surface area contributed by atoms with Gasteiger partial charge in [0.2, 0.25) is 11.7 Å². The van der Waals surface area contributed by atoms with Gasteiger partial charge >= 0.3 is 0 Å². The van der Waals surface area contributed by atoms with Crippen molar-refractivity contribution in [3.8, 4) is 28.7 Å². The Labute approximate surface area is 126 Å². The molecule has 0 aliphatic rings. The third kappa shape index (κ3) is 2.60. The lowest BCUT2D eigenvalue weighted by molar-refractivity contribution is 0.397. The molecule has 0 amide bonds. The van der Waals surface area contributed by atoms with Crippen LogP contribution in [-0.2, 0) is 0 Å². The van der Waals surface area contributed by atoms with Crippen LogP contribution >= 0.6 is 11.6 Å². The first-order chi connectivity index (χ1) is 10.2. The SMILES string of the molecule is COc1nc(C)ccc1-c1noc(-c2ccccc2Cl)n1. The summed E-state index contributed by atoms with van der Waals surface area (Å²) in [6.45, 7) is 1.89. The van der Waals surface area contributed by atoms with Gasteiger partial charge in [-0.25, -0.2) is 4.98 Å². The van der Waals surface area contributed by atoms with E-state index in [0.29, 0.717) is 33.7 Å². The molecule has 106 valence electrons. The van der Waals surface area contributed by atoms with Gasteiger partial charge in [-0.1, -0.05) is 28.9 Å². The summed E-state index contributed by atoms with van der Waals surface area (Å²) >= 11 is 6.13. The molecular formula is C15H12ClN3O2. The molecule has 0 saturated carbocycles. The molecule has 6 heteroatoms. The van der Waals surface area contributed by atoms with E-state index in [2.05, 4.69) is 15.1 Å². The monoisotopic (exact) mass is 301 g/mol. The fourth-order valence-electron chi connectivity index (χ4n) is 1.94. The molecule has 0 saturated heterocycles. The van der Waals surface area contributed by atoms with E-state index in [0.717, 1.165) is 5.69 Å². The number of halogens is 1. The van der Waals surface area contributed by atoms with Crippen LogP contribution in [-0.4, -0.2) is 22.2 Å². The van der Waals surface area contributed by atoms with Gasteiger partial charge in [0.05, 0.1) is 23.3 Å². The zero-order valence-electron chi connectivity index (χ0n) is 11.5. The molecule has 0 N–H and O–H groups in total. The number of aromatic nitrogens is 3. The third-order valence-electron chi connectivity index (χ3n) is 2.96. The van der Waals surface area contributed by atoms with Crippen molar-refractivity contribution in [3.05, 3.63) is 47.1 Å². The Morgan fingerprint density at radius 2 is 1.86 bits per heavy atom. The van der Waals surface area contributed by atoms with Crippen LogP contribution in [0.15, 0.2) is 40.9 Å². The molecule has 2 aromatic heterocycles. The van der Waals surface area contributed by atoms with Crippen molar-refractivity contribution in [2.75, 3.05) is 7.11 Å². The topological polar surface area (TPSA) is 61.0 Å². The molecule has 0 bridgehead atoms. The molecule has 0 spiro atoms. The average Bonchev–Trinajstić information content (AvgIpc) is 2.97. The summed E-state index contributed by atoms with van der Waals surface area (Å²) in [5.74, 6) is 1.23. The Bertz CT molecular complexity index is 786. The molecule has 3 rings (SSSR count). The van der Waals surface area contributed by atoms with Crippen LogP contribution < -0.4 is 4.74 Å². The highest BCUT2D eigenvalue weighted by atomic mass is 35.5. The minimum Gasteiger partial charge on any atom is -0.480 e. The van der Waals surface area contributed by atoms with Crippen LogP contribution in [0, 0.1) is 6.92 Å². The number of rotatable bonds is 3. The van der Waals surface area contributed by atoms with Gasteiger partial charge in [-0.2, -0.15) is 4.98 Å². The Hall–Kier alpha value is -2.40. The van der Waals surface area contributed by atoms with E-state index in [4.69, 9.17) is 20.9 Å². The number of nitrogens with zero attached hydrogens (tertiary/aromatic N) is 3. The van der Waals surface area contributed by atoms with Gasteiger partial charge in [-0.05, 0) is 31.2 Å². The summed E-state index contributed by atoms with van der Waals surface area (Å²) < 4.78 is 10.5. The van der Waals surface area contributed by atoms with Gasteiger partial charge in [-0.15, -0.1) is 0 Å². The zero-order chi connectivity index (χ0) is 14.8. The van der Waals surface area contributed by atoms with E-state index >= 15 is 0 Å². The molecule has 1 aromatic carbocycles. The van der Waals surface area contributed by atoms with Gasteiger partial charge in [-0.3, -0.25) is 0 Å². The second kappa shape index (κ2) is 5.54. The van der Waals surface area contributed by atoms with Crippen LogP contribution in [0.4, 0.5) is 0 Å². The number of hydrogen-bond acceptors (Lipinski definition) is 5. The first-order valence-electron chi connectivity index (χ1n) is 6.29. The Kier molecular flexibility index (Phi) is 3.58. The van der Waals surface area contributed by atoms with Gasteiger partial charge in [0.25, 0.3) is 5.89 Å². The van der Waals surface area contributed by atoms with E-state index < -0.39 is 0 Å². The van der Waals surface area contributed by atoms with Gasteiger partial charge in [0.15, 0.2) is 0 Å². The molecule has 0 unspecified atom stereocenters. The smallest absolute Gasteiger partial charge is 0.259 e. The van der Waals surface area contributed by atoms with Crippen molar-refractivity contribution < 1.29 is 9.26 Å². The average molecular weight is 302 g/mol. The van der Waals surface area contributed by atoms with Crippen molar-refractivity contribution in [2.24, 2.45) is 0 Å². The summed E-state index contributed by atoms with van der Waals surface area (Å²) in [5, 5.41) is 4.53. The largest absolute Gasteiger partial charge is 0.480 e. The van der Waals surface area contributed by atoms with Crippen LogP contribution in [0.25, 0.3) is 22.8 Å². The van der Waals surface area contributed by atoms with Gasteiger partial charge < -0.3 is 9.26 Å². The summed E-state index contributed by atoms with van der Waals surface area (Å²) in [6, 6.07) is 11.0. The highest BCUT2D eigenvalue weighted by Crippen LogP contribution is 2.30. The number of aryl methyl sites for hydroxylation is 1. The van der Waals surface area contributed by atoms with Crippen LogP contribution in [0.1, 0.15) is 5.69 Å². The molecular weight excluding hydrogens is 290 g/mol. The number of methoxy groups -OCH3 is 1. The first-order valence-corrected chi connectivity index (χ1v) is 6.67. The van der Waals surface area contributed by atoms with E-state index in [9.17, 15) is 0 Å². The third-order valence-corrected chi connectivity index (χ3v) is 3.29. The number of benzene rings is 1. The maximum absolute atomic E-state index is 6.13. The predicted molar refractivity (Wildman–Crippen MR) is 79.3 cm³/mol. The molecule has 0 aliphatic heterocycles. The lowest BCUT2D eigenvalue weighted by Crippen LogP contribution is -1.94. The van der Waals surface area contributed by atoms with E-state index in [-0.39, 0.29) is 0 Å². The second-order valence-corrected chi connectivity index (χ2v) is 4.82. The molecule has 5 nitrogen and oxygen atoms in total. The van der Waals surface area contributed by atoms with Crippen LogP contribution in [0.5, 0.6) is 5.88 Å². The molecule has 21 heavy (non-hydrogen) atoms.